The van der Waals surface area contributed by atoms with Gasteiger partial charge in [0.1, 0.15) is 0 Å². The van der Waals surface area contributed by atoms with E-state index in [0.29, 0.717) is 23.3 Å². The first-order valence-corrected chi connectivity index (χ1v) is 10.3. The number of carbonyl (C=O) groups is 1. The number of nitrogens with zero attached hydrogens (tertiary/aromatic N) is 2. The zero-order valence-corrected chi connectivity index (χ0v) is 16.2. The molecule has 2 aliphatic heterocycles. The first kappa shape index (κ1) is 18.4. The first-order chi connectivity index (χ1) is 13.2. The van der Waals surface area contributed by atoms with Gasteiger partial charge >= 0.3 is 0 Å². The maximum atomic E-state index is 13.4. The molecule has 2 atom stereocenters. The fourth-order valence-electron chi connectivity index (χ4n) is 4.56. The fourth-order valence-corrected chi connectivity index (χ4v) is 4.56. The van der Waals surface area contributed by atoms with E-state index in [2.05, 4.69) is 28.9 Å². The molecule has 1 saturated heterocycles. The number of amides is 1. The van der Waals surface area contributed by atoms with Crippen molar-refractivity contribution in [3.05, 3.63) is 35.9 Å². The quantitative estimate of drug-likeness (QED) is 0.716. The molecule has 0 radical (unpaired) electrons. The number of rotatable bonds is 6. The van der Waals surface area contributed by atoms with Gasteiger partial charge in [-0.1, -0.05) is 19.1 Å². The maximum Gasteiger partial charge on any atom is 0.254 e. The molecule has 1 fully saturated rings. The van der Waals surface area contributed by atoms with Gasteiger partial charge in [-0.05, 0) is 69.3 Å². The Morgan fingerprint density at radius 1 is 1.19 bits per heavy atom. The molecule has 0 saturated carbocycles. The van der Waals surface area contributed by atoms with E-state index in [1.165, 1.54) is 19.3 Å². The average molecular weight is 370 g/mol. The van der Waals surface area contributed by atoms with Crippen LogP contribution in [0.15, 0.2) is 30.4 Å². The van der Waals surface area contributed by atoms with Gasteiger partial charge < -0.3 is 14.4 Å². The van der Waals surface area contributed by atoms with Gasteiger partial charge in [-0.2, -0.15) is 0 Å². The van der Waals surface area contributed by atoms with Crippen molar-refractivity contribution in [2.75, 3.05) is 33.0 Å². The van der Waals surface area contributed by atoms with Crippen molar-refractivity contribution in [3.63, 3.8) is 0 Å². The van der Waals surface area contributed by atoms with Crippen molar-refractivity contribution in [1.29, 1.82) is 0 Å². The second kappa shape index (κ2) is 8.34. The molecule has 2 unspecified atom stereocenters. The number of carbonyl (C=O) groups excluding carboxylic acids is 1. The lowest BCUT2D eigenvalue weighted by molar-refractivity contribution is 0.0670. The van der Waals surface area contributed by atoms with Gasteiger partial charge in [0.25, 0.3) is 5.91 Å². The predicted octanol–water partition coefficient (Wildman–Crippen LogP) is 3.70. The highest BCUT2D eigenvalue weighted by Gasteiger charge is 2.29. The van der Waals surface area contributed by atoms with E-state index in [9.17, 15) is 4.79 Å². The van der Waals surface area contributed by atoms with E-state index in [0.717, 1.165) is 44.8 Å². The molecule has 5 heteroatoms. The highest BCUT2D eigenvalue weighted by Crippen LogP contribution is 2.33. The number of likely N-dealkylation sites (tertiary alicyclic amines) is 1. The average Bonchev–Trinajstić information content (AvgIpc) is 3.36. The van der Waals surface area contributed by atoms with Crippen LogP contribution < -0.4 is 9.47 Å². The molecule has 3 aliphatic rings. The third kappa shape index (κ3) is 4.13. The van der Waals surface area contributed by atoms with Crippen LogP contribution in [0.2, 0.25) is 0 Å². The summed E-state index contributed by atoms with van der Waals surface area (Å²) in [5, 5.41) is 0. The normalized spacial score (nSPS) is 24.3. The first-order valence-electron chi connectivity index (χ1n) is 10.3. The third-order valence-electron chi connectivity index (χ3n) is 6.10. The number of benzene rings is 1. The van der Waals surface area contributed by atoms with Crippen molar-refractivity contribution in [3.8, 4) is 11.5 Å². The largest absolute Gasteiger partial charge is 0.454 e. The Hall–Kier alpha value is -2.01. The molecule has 1 aromatic rings. The molecule has 2 heterocycles. The van der Waals surface area contributed by atoms with Gasteiger partial charge in [0.05, 0.1) is 0 Å². The molecule has 0 N–H and O–H groups in total. The summed E-state index contributed by atoms with van der Waals surface area (Å²) in [5.41, 5.74) is 0.701. The minimum atomic E-state index is 0.116. The second-order valence-electron chi connectivity index (χ2n) is 7.85. The standard InChI is InChI=1S/C22H30N2O3/c1-2-23-12-6-9-19(23)15-24(14-17-7-4-3-5-8-17)22(25)18-10-11-20-21(13-18)27-16-26-20/h3-4,10-11,13,17,19H,2,5-9,12,14-16H2,1H3. The molecule has 1 amide bonds. The summed E-state index contributed by atoms with van der Waals surface area (Å²) >= 11 is 0. The van der Waals surface area contributed by atoms with Gasteiger partial charge in [0.2, 0.25) is 6.79 Å². The van der Waals surface area contributed by atoms with Crippen molar-refractivity contribution in [2.45, 2.75) is 45.1 Å². The minimum absolute atomic E-state index is 0.116. The molecule has 1 aromatic carbocycles. The SMILES string of the molecule is CCN1CCCC1CN(CC1CC=CCC1)C(=O)c1ccc2c(c1)OCO2. The van der Waals surface area contributed by atoms with Crippen LogP contribution in [0, 0.1) is 5.92 Å². The molecule has 4 rings (SSSR count). The van der Waals surface area contributed by atoms with E-state index < -0.39 is 0 Å². The summed E-state index contributed by atoms with van der Waals surface area (Å²) in [5.74, 6) is 2.08. The molecular formula is C22H30N2O3. The van der Waals surface area contributed by atoms with E-state index in [1.807, 2.05) is 18.2 Å². The Labute approximate surface area is 161 Å². The summed E-state index contributed by atoms with van der Waals surface area (Å²) in [6.45, 7) is 6.32. The summed E-state index contributed by atoms with van der Waals surface area (Å²) in [6, 6.07) is 6.04. The number of fused-ring (bicyclic) bond motifs is 1. The van der Waals surface area contributed by atoms with Crippen LogP contribution in [0.3, 0.4) is 0 Å². The van der Waals surface area contributed by atoms with Crippen LogP contribution in [0.4, 0.5) is 0 Å². The van der Waals surface area contributed by atoms with Gasteiger partial charge in [0.15, 0.2) is 11.5 Å². The Balaban J connectivity index is 1.52. The number of hydrogen-bond donors (Lipinski definition) is 0. The summed E-state index contributed by atoms with van der Waals surface area (Å²) in [7, 11) is 0. The molecule has 27 heavy (non-hydrogen) atoms. The molecule has 5 nitrogen and oxygen atoms in total. The number of ether oxygens (including phenoxy) is 2. The predicted molar refractivity (Wildman–Crippen MR) is 105 cm³/mol. The van der Waals surface area contributed by atoms with Crippen LogP contribution in [-0.4, -0.2) is 54.7 Å². The van der Waals surface area contributed by atoms with Crippen LogP contribution in [0.5, 0.6) is 11.5 Å². The van der Waals surface area contributed by atoms with Gasteiger partial charge in [-0.25, -0.2) is 0 Å². The summed E-state index contributed by atoms with van der Waals surface area (Å²) in [4.78, 5) is 18.0. The minimum Gasteiger partial charge on any atom is -0.454 e. The number of hydrogen-bond acceptors (Lipinski definition) is 4. The van der Waals surface area contributed by atoms with Crippen molar-refractivity contribution >= 4 is 5.91 Å². The van der Waals surface area contributed by atoms with E-state index in [-0.39, 0.29) is 12.7 Å². The Morgan fingerprint density at radius 3 is 2.89 bits per heavy atom. The fraction of sp³-hybridized carbons (Fsp3) is 0.591. The van der Waals surface area contributed by atoms with Gasteiger partial charge in [-0.3, -0.25) is 9.69 Å². The Kier molecular flexibility index (Phi) is 5.67. The lowest BCUT2D eigenvalue weighted by atomic mass is 9.93. The molecule has 0 spiro atoms. The van der Waals surface area contributed by atoms with E-state index >= 15 is 0 Å². The summed E-state index contributed by atoms with van der Waals surface area (Å²) in [6.07, 6.45) is 10.3. The zero-order chi connectivity index (χ0) is 18.6. The maximum absolute atomic E-state index is 13.4. The smallest absolute Gasteiger partial charge is 0.254 e. The molecule has 146 valence electrons. The van der Waals surface area contributed by atoms with Crippen LogP contribution in [-0.2, 0) is 0 Å². The lowest BCUT2D eigenvalue weighted by Crippen LogP contribution is -2.45. The van der Waals surface area contributed by atoms with Crippen molar-refractivity contribution in [1.82, 2.24) is 9.80 Å². The molecule has 1 aliphatic carbocycles. The summed E-state index contributed by atoms with van der Waals surface area (Å²) < 4.78 is 10.9. The highest BCUT2D eigenvalue weighted by atomic mass is 16.7. The van der Waals surface area contributed by atoms with E-state index in [1.54, 1.807) is 0 Å². The molecule has 0 aromatic heterocycles. The van der Waals surface area contributed by atoms with Crippen LogP contribution >= 0.6 is 0 Å². The Bertz CT molecular complexity index is 703. The van der Waals surface area contributed by atoms with Crippen LogP contribution in [0.25, 0.3) is 0 Å². The Morgan fingerprint density at radius 2 is 2.07 bits per heavy atom. The van der Waals surface area contributed by atoms with Crippen molar-refractivity contribution in [2.24, 2.45) is 5.92 Å². The third-order valence-corrected chi connectivity index (χ3v) is 6.10. The monoisotopic (exact) mass is 370 g/mol. The molecule has 0 bridgehead atoms. The number of likely N-dealkylation sites (N-methyl/N-ethyl adjacent to an activating group) is 1. The van der Waals surface area contributed by atoms with Gasteiger partial charge in [-0.15, -0.1) is 0 Å². The topological polar surface area (TPSA) is 42.0 Å². The lowest BCUT2D eigenvalue weighted by Gasteiger charge is -2.33. The van der Waals surface area contributed by atoms with Gasteiger partial charge in [0, 0.05) is 24.7 Å². The van der Waals surface area contributed by atoms with Crippen LogP contribution in [0.1, 0.15) is 49.4 Å². The zero-order valence-electron chi connectivity index (χ0n) is 16.2. The molecular weight excluding hydrogens is 340 g/mol. The number of allylic oxidation sites excluding steroid dienone is 2. The second-order valence-corrected chi connectivity index (χ2v) is 7.85. The highest BCUT2D eigenvalue weighted by molar-refractivity contribution is 5.95. The van der Waals surface area contributed by atoms with Crippen molar-refractivity contribution < 1.29 is 14.3 Å². The van der Waals surface area contributed by atoms with E-state index in [4.69, 9.17) is 9.47 Å².